The van der Waals surface area contributed by atoms with E-state index in [2.05, 4.69) is 52.8 Å². The summed E-state index contributed by atoms with van der Waals surface area (Å²) in [6.07, 6.45) is 6.47. The molecule has 2 nitrogen and oxygen atoms in total. The van der Waals surface area contributed by atoms with Gasteiger partial charge in [0.05, 0.1) is 0 Å². The molecule has 2 aromatic carbocycles. The average molecular weight is 274 g/mol. The summed E-state index contributed by atoms with van der Waals surface area (Å²) >= 11 is 0. The second kappa shape index (κ2) is 5.21. The number of nitrogens with one attached hydrogen (secondary N) is 1. The van der Waals surface area contributed by atoms with Gasteiger partial charge in [-0.2, -0.15) is 0 Å². The molecule has 21 heavy (non-hydrogen) atoms. The first-order chi connectivity index (χ1) is 10.4. The Morgan fingerprint density at radius 3 is 2.86 bits per heavy atom. The second-order valence-corrected chi connectivity index (χ2v) is 5.78. The lowest BCUT2D eigenvalue weighted by atomic mass is 10.1. The molecule has 0 atom stereocenters. The Labute approximate surface area is 124 Å². The lowest BCUT2D eigenvalue weighted by Crippen LogP contribution is -2.00. The molecule has 0 unspecified atom stereocenters. The largest absolute Gasteiger partial charge is 0.380 e. The summed E-state index contributed by atoms with van der Waals surface area (Å²) in [6.45, 7) is 0.856. The molecule has 1 N–H and O–H groups in total. The molecule has 0 bridgehead atoms. The van der Waals surface area contributed by atoms with Gasteiger partial charge >= 0.3 is 0 Å². The zero-order valence-corrected chi connectivity index (χ0v) is 11.9. The highest BCUT2D eigenvalue weighted by molar-refractivity contribution is 5.93. The van der Waals surface area contributed by atoms with Gasteiger partial charge in [-0.15, -0.1) is 0 Å². The molecule has 0 spiro atoms. The zero-order chi connectivity index (χ0) is 14.1. The van der Waals surface area contributed by atoms with Crippen LogP contribution in [0.4, 0.5) is 5.69 Å². The van der Waals surface area contributed by atoms with E-state index in [1.807, 2.05) is 18.5 Å². The molecule has 1 aliphatic carbocycles. The zero-order valence-electron chi connectivity index (χ0n) is 11.9. The Kier molecular flexibility index (Phi) is 3.07. The summed E-state index contributed by atoms with van der Waals surface area (Å²) in [7, 11) is 0. The van der Waals surface area contributed by atoms with E-state index in [-0.39, 0.29) is 0 Å². The van der Waals surface area contributed by atoms with Crippen LogP contribution in [0, 0.1) is 0 Å². The van der Waals surface area contributed by atoms with Crippen LogP contribution >= 0.6 is 0 Å². The van der Waals surface area contributed by atoms with Crippen LogP contribution in [0.1, 0.15) is 29.9 Å². The van der Waals surface area contributed by atoms with Crippen molar-refractivity contribution in [3.8, 4) is 0 Å². The van der Waals surface area contributed by atoms with Gasteiger partial charge in [-0.25, -0.2) is 0 Å². The highest BCUT2D eigenvalue weighted by Crippen LogP contribution is 2.40. The first-order valence-electron chi connectivity index (χ1n) is 7.55. The molecule has 1 heterocycles. The van der Waals surface area contributed by atoms with Crippen LogP contribution in [0.5, 0.6) is 0 Å². The predicted molar refractivity (Wildman–Crippen MR) is 87.5 cm³/mol. The van der Waals surface area contributed by atoms with Crippen molar-refractivity contribution in [3.05, 3.63) is 72.1 Å². The Morgan fingerprint density at radius 2 is 1.95 bits per heavy atom. The maximum Gasteiger partial charge on any atom is 0.0438 e. The van der Waals surface area contributed by atoms with Crippen LogP contribution in [-0.2, 0) is 6.54 Å². The molecular weight excluding hydrogens is 256 g/mol. The van der Waals surface area contributed by atoms with Gasteiger partial charge in [0, 0.05) is 30.0 Å². The normalized spacial score (nSPS) is 14.3. The lowest BCUT2D eigenvalue weighted by Gasteiger charge is -2.10. The van der Waals surface area contributed by atoms with E-state index in [9.17, 15) is 0 Å². The van der Waals surface area contributed by atoms with Gasteiger partial charge in [0.25, 0.3) is 0 Å². The fraction of sp³-hybridized carbons (Fsp3) is 0.211. The molecule has 1 aromatic heterocycles. The maximum atomic E-state index is 4.23. The molecule has 0 amide bonds. The standard InChI is InChI=1S/C19H18N2/c1-3-14(11-17(5-1)15-7-8-15)12-21-19-6-2-4-16-9-10-20-13-18(16)19/h1-6,9-11,13,15,21H,7-8,12H2. The molecule has 0 radical (unpaired) electrons. The van der Waals surface area contributed by atoms with Crippen molar-refractivity contribution < 1.29 is 0 Å². The third-order valence-electron chi connectivity index (χ3n) is 4.17. The highest BCUT2D eigenvalue weighted by atomic mass is 14.9. The fourth-order valence-corrected chi connectivity index (χ4v) is 2.84. The minimum atomic E-state index is 0.812. The molecular formula is C19H18N2. The Bertz CT molecular complexity index is 770. The third kappa shape index (κ3) is 2.62. The maximum absolute atomic E-state index is 4.23. The van der Waals surface area contributed by atoms with Crippen molar-refractivity contribution >= 4 is 16.5 Å². The summed E-state index contributed by atoms with van der Waals surface area (Å²) in [5.74, 6) is 0.812. The van der Waals surface area contributed by atoms with Gasteiger partial charge in [0.15, 0.2) is 0 Å². The van der Waals surface area contributed by atoms with Gasteiger partial charge in [0.1, 0.15) is 0 Å². The van der Waals surface area contributed by atoms with Gasteiger partial charge in [-0.3, -0.25) is 4.98 Å². The number of pyridine rings is 1. The molecule has 104 valence electrons. The first-order valence-corrected chi connectivity index (χ1v) is 7.55. The minimum absolute atomic E-state index is 0.812. The quantitative estimate of drug-likeness (QED) is 0.744. The van der Waals surface area contributed by atoms with Crippen LogP contribution < -0.4 is 5.32 Å². The predicted octanol–water partition coefficient (Wildman–Crippen LogP) is 4.72. The van der Waals surface area contributed by atoms with Crippen LogP contribution in [0.2, 0.25) is 0 Å². The number of hydrogen-bond donors (Lipinski definition) is 1. The average Bonchev–Trinajstić information content (AvgIpc) is 3.38. The van der Waals surface area contributed by atoms with Crippen molar-refractivity contribution in [2.75, 3.05) is 5.32 Å². The van der Waals surface area contributed by atoms with Crippen molar-refractivity contribution in [1.29, 1.82) is 0 Å². The SMILES string of the molecule is c1cc(CNc2cccc3ccncc23)cc(C2CC2)c1. The van der Waals surface area contributed by atoms with Crippen LogP contribution in [-0.4, -0.2) is 4.98 Å². The molecule has 0 aliphatic heterocycles. The van der Waals surface area contributed by atoms with Crippen LogP contribution in [0.25, 0.3) is 10.8 Å². The molecule has 1 saturated carbocycles. The number of aromatic nitrogens is 1. The Hall–Kier alpha value is -2.35. The topological polar surface area (TPSA) is 24.9 Å². The van der Waals surface area contributed by atoms with E-state index in [4.69, 9.17) is 0 Å². The molecule has 0 saturated heterocycles. The summed E-state index contributed by atoms with van der Waals surface area (Å²) in [5.41, 5.74) is 3.99. The Morgan fingerprint density at radius 1 is 1.05 bits per heavy atom. The number of benzene rings is 2. The number of fused-ring (bicyclic) bond motifs is 1. The number of hydrogen-bond acceptors (Lipinski definition) is 2. The van der Waals surface area contributed by atoms with E-state index in [1.54, 1.807) is 0 Å². The van der Waals surface area contributed by atoms with Gasteiger partial charge in [-0.1, -0.05) is 36.4 Å². The Balaban J connectivity index is 1.56. The molecule has 3 aromatic rings. The van der Waals surface area contributed by atoms with Crippen molar-refractivity contribution in [1.82, 2.24) is 4.98 Å². The van der Waals surface area contributed by atoms with E-state index in [0.717, 1.165) is 18.2 Å². The third-order valence-corrected chi connectivity index (χ3v) is 4.17. The fourth-order valence-electron chi connectivity index (χ4n) is 2.84. The highest BCUT2D eigenvalue weighted by Gasteiger charge is 2.23. The van der Waals surface area contributed by atoms with Crippen molar-refractivity contribution in [2.45, 2.75) is 25.3 Å². The minimum Gasteiger partial charge on any atom is -0.380 e. The summed E-state index contributed by atoms with van der Waals surface area (Å²) in [6, 6.07) is 17.3. The van der Waals surface area contributed by atoms with E-state index < -0.39 is 0 Å². The van der Waals surface area contributed by atoms with Crippen LogP contribution in [0.3, 0.4) is 0 Å². The molecule has 1 fully saturated rings. The second-order valence-electron chi connectivity index (χ2n) is 5.78. The number of rotatable bonds is 4. The summed E-state index contributed by atoms with van der Waals surface area (Å²) < 4.78 is 0. The van der Waals surface area contributed by atoms with Crippen molar-refractivity contribution in [3.63, 3.8) is 0 Å². The molecule has 4 rings (SSSR count). The van der Waals surface area contributed by atoms with Crippen LogP contribution in [0.15, 0.2) is 60.9 Å². The lowest BCUT2D eigenvalue weighted by molar-refractivity contribution is 1.09. The van der Waals surface area contributed by atoms with E-state index in [0.29, 0.717) is 0 Å². The van der Waals surface area contributed by atoms with Gasteiger partial charge < -0.3 is 5.32 Å². The molecule has 2 heteroatoms. The molecule has 1 aliphatic rings. The monoisotopic (exact) mass is 274 g/mol. The summed E-state index contributed by atoms with van der Waals surface area (Å²) in [5, 5.41) is 5.95. The van der Waals surface area contributed by atoms with Crippen molar-refractivity contribution in [2.24, 2.45) is 0 Å². The number of nitrogens with zero attached hydrogens (tertiary/aromatic N) is 1. The van der Waals surface area contributed by atoms with Gasteiger partial charge in [0.2, 0.25) is 0 Å². The smallest absolute Gasteiger partial charge is 0.0438 e. The first kappa shape index (κ1) is 12.4. The number of anilines is 1. The van der Waals surface area contributed by atoms with Gasteiger partial charge in [-0.05, 0) is 47.4 Å². The van der Waals surface area contributed by atoms with E-state index >= 15 is 0 Å². The van der Waals surface area contributed by atoms with E-state index in [1.165, 1.54) is 34.7 Å². The summed E-state index contributed by atoms with van der Waals surface area (Å²) in [4.78, 5) is 4.23.